The van der Waals surface area contributed by atoms with E-state index < -0.39 is 11.4 Å². The quantitative estimate of drug-likeness (QED) is 0.608. The number of aryl methyl sites for hydroxylation is 1. The summed E-state index contributed by atoms with van der Waals surface area (Å²) < 4.78 is 4.68. The fraction of sp³-hybridized carbons (Fsp3) is 0.286. The van der Waals surface area contributed by atoms with Crippen LogP contribution in [0.3, 0.4) is 0 Å². The molecular weight excluding hydrogens is 344 g/mol. The normalized spacial score (nSPS) is 14.1. The minimum atomic E-state index is -1.04. The van der Waals surface area contributed by atoms with Crippen LogP contribution in [0, 0.1) is 12.3 Å². The van der Waals surface area contributed by atoms with Gasteiger partial charge in [0, 0.05) is 12.2 Å². The first-order valence-corrected chi connectivity index (χ1v) is 8.79. The van der Waals surface area contributed by atoms with Gasteiger partial charge in [0.05, 0.1) is 12.7 Å². The van der Waals surface area contributed by atoms with Gasteiger partial charge in [-0.15, -0.1) is 0 Å². The number of ether oxygens (including phenoxy) is 1. The summed E-state index contributed by atoms with van der Waals surface area (Å²) in [5.41, 5.74) is 1.87. The minimum absolute atomic E-state index is 0.271. The van der Waals surface area contributed by atoms with Gasteiger partial charge in [-0.2, -0.15) is 0 Å². The molecule has 2 N–H and O–H groups in total. The Morgan fingerprint density at radius 1 is 1.04 bits per heavy atom. The summed E-state index contributed by atoms with van der Waals surface area (Å²) in [5.74, 6) is -1.11. The minimum Gasteiger partial charge on any atom is -0.465 e. The largest absolute Gasteiger partial charge is 0.465 e. The van der Waals surface area contributed by atoms with Crippen LogP contribution >= 0.6 is 0 Å². The number of esters is 1. The van der Waals surface area contributed by atoms with Crippen LogP contribution in [-0.4, -0.2) is 24.9 Å². The molecule has 2 amide bonds. The molecule has 0 saturated heterocycles. The lowest BCUT2D eigenvalue weighted by molar-refractivity contribution is -0.134. The monoisotopic (exact) mass is 366 g/mol. The molecule has 0 radical (unpaired) electrons. The highest BCUT2D eigenvalue weighted by Gasteiger charge is 2.56. The topological polar surface area (TPSA) is 84.5 Å². The molecule has 0 bridgehead atoms. The van der Waals surface area contributed by atoms with Gasteiger partial charge < -0.3 is 15.4 Å². The second kappa shape index (κ2) is 7.61. The van der Waals surface area contributed by atoms with E-state index >= 15 is 0 Å². The van der Waals surface area contributed by atoms with Gasteiger partial charge in [-0.3, -0.25) is 9.59 Å². The Morgan fingerprint density at radius 3 is 2.44 bits per heavy atom. The molecule has 1 aliphatic rings. The predicted octanol–water partition coefficient (Wildman–Crippen LogP) is 2.82. The molecule has 1 aliphatic carbocycles. The van der Waals surface area contributed by atoms with Crippen LogP contribution in [0.15, 0.2) is 48.5 Å². The van der Waals surface area contributed by atoms with E-state index in [4.69, 9.17) is 0 Å². The molecule has 6 nitrogen and oxygen atoms in total. The van der Waals surface area contributed by atoms with Crippen LogP contribution in [-0.2, 0) is 20.9 Å². The van der Waals surface area contributed by atoms with Gasteiger partial charge in [0.2, 0.25) is 11.8 Å². The zero-order valence-corrected chi connectivity index (χ0v) is 15.4. The molecule has 0 spiro atoms. The maximum atomic E-state index is 12.7. The van der Waals surface area contributed by atoms with Gasteiger partial charge in [0.25, 0.3) is 0 Å². The lowest BCUT2D eigenvalue weighted by Crippen LogP contribution is -2.39. The van der Waals surface area contributed by atoms with Crippen LogP contribution < -0.4 is 10.6 Å². The van der Waals surface area contributed by atoms with Crippen molar-refractivity contribution >= 4 is 23.5 Å². The Labute approximate surface area is 157 Å². The van der Waals surface area contributed by atoms with Crippen molar-refractivity contribution in [1.82, 2.24) is 5.32 Å². The number of carbonyl (C=O) groups is 3. The van der Waals surface area contributed by atoms with Gasteiger partial charge in [-0.25, -0.2) is 4.79 Å². The molecule has 0 heterocycles. The van der Waals surface area contributed by atoms with Gasteiger partial charge in [-0.05, 0) is 49.1 Å². The van der Waals surface area contributed by atoms with Crippen molar-refractivity contribution in [3.63, 3.8) is 0 Å². The second-order valence-electron chi connectivity index (χ2n) is 6.72. The zero-order chi connectivity index (χ0) is 19.4. The second-order valence-corrected chi connectivity index (χ2v) is 6.72. The van der Waals surface area contributed by atoms with Crippen molar-refractivity contribution in [3.05, 3.63) is 65.2 Å². The average Bonchev–Trinajstić information content (AvgIpc) is 3.49. The smallest absolute Gasteiger partial charge is 0.337 e. The van der Waals surface area contributed by atoms with E-state index in [9.17, 15) is 14.4 Å². The summed E-state index contributed by atoms with van der Waals surface area (Å²) in [7, 11) is 1.30. The van der Waals surface area contributed by atoms with Gasteiger partial charge in [0.15, 0.2) is 0 Å². The summed E-state index contributed by atoms with van der Waals surface area (Å²) in [6.07, 6.45) is 1.02. The highest BCUT2D eigenvalue weighted by Crippen LogP contribution is 2.47. The molecule has 0 atom stereocenters. The standard InChI is InChI=1S/C21H22N2O4/c1-14-6-3-4-7-16(14)13-22-19(25)21(10-11-21)20(26)23-17-9-5-8-15(12-17)18(24)27-2/h3-9,12H,10-11,13H2,1-2H3,(H,22,25)(H,23,26). The molecule has 0 unspecified atom stereocenters. The van der Waals surface area contributed by atoms with Crippen LogP contribution in [0.1, 0.15) is 34.3 Å². The third-order valence-corrected chi connectivity index (χ3v) is 4.86. The van der Waals surface area contributed by atoms with Crippen molar-refractivity contribution < 1.29 is 19.1 Å². The summed E-state index contributed by atoms with van der Waals surface area (Å²) >= 11 is 0. The van der Waals surface area contributed by atoms with E-state index in [0.29, 0.717) is 30.6 Å². The fourth-order valence-corrected chi connectivity index (χ4v) is 2.93. The summed E-state index contributed by atoms with van der Waals surface area (Å²) in [4.78, 5) is 36.9. The SMILES string of the molecule is COC(=O)c1cccc(NC(=O)C2(C(=O)NCc3ccccc3C)CC2)c1. The lowest BCUT2D eigenvalue weighted by atomic mass is 10.0. The number of hydrogen-bond donors (Lipinski definition) is 2. The number of amides is 2. The number of anilines is 1. The Bertz CT molecular complexity index is 887. The Kier molecular flexibility index (Phi) is 5.26. The van der Waals surface area contributed by atoms with E-state index in [1.54, 1.807) is 18.2 Å². The number of carbonyl (C=O) groups excluding carboxylic acids is 3. The van der Waals surface area contributed by atoms with Crippen LogP contribution in [0.4, 0.5) is 5.69 Å². The molecular formula is C21H22N2O4. The third kappa shape index (κ3) is 4.00. The maximum absolute atomic E-state index is 12.7. The predicted molar refractivity (Wildman–Crippen MR) is 101 cm³/mol. The molecule has 27 heavy (non-hydrogen) atoms. The Balaban J connectivity index is 1.65. The van der Waals surface area contributed by atoms with Gasteiger partial charge >= 0.3 is 5.97 Å². The molecule has 0 aliphatic heterocycles. The van der Waals surface area contributed by atoms with Crippen molar-refractivity contribution in [2.75, 3.05) is 12.4 Å². The first-order chi connectivity index (χ1) is 13.0. The van der Waals surface area contributed by atoms with Gasteiger partial charge in [0.1, 0.15) is 5.41 Å². The zero-order valence-electron chi connectivity index (χ0n) is 15.4. The summed E-state index contributed by atoms with van der Waals surface area (Å²) in [6, 6.07) is 14.3. The first-order valence-electron chi connectivity index (χ1n) is 8.79. The number of benzene rings is 2. The molecule has 2 aromatic carbocycles. The molecule has 6 heteroatoms. The fourth-order valence-electron chi connectivity index (χ4n) is 2.93. The summed E-state index contributed by atoms with van der Waals surface area (Å²) in [6.45, 7) is 2.37. The van der Waals surface area contributed by atoms with Crippen LogP contribution in [0.5, 0.6) is 0 Å². The van der Waals surface area contributed by atoms with Crippen LogP contribution in [0.2, 0.25) is 0 Å². The summed E-state index contributed by atoms with van der Waals surface area (Å²) in [5, 5.41) is 5.62. The molecule has 0 aromatic heterocycles. The van der Waals surface area contributed by atoms with E-state index in [1.807, 2.05) is 31.2 Å². The van der Waals surface area contributed by atoms with Crippen molar-refractivity contribution in [2.24, 2.45) is 5.41 Å². The lowest BCUT2D eigenvalue weighted by Gasteiger charge is -2.16. The van der Waals surface area contributed by atoms with Crippen LogP contribution in [0.25, 0.3) is 0 Å². The van der Waals surface area contributed by atoms with E-state index in [2.05, 4.69) is 15.4 Å². The first kappa shape index (κ1) is 18.6. The van der Waals surface area contributed by atoms with E-state index in [1.165, 1.54) is 13.2 Å². The van der Waals surface area contributed by atoms with Crippen molar-refractivity contribution in [2.45, 2.75) is 26.3 Å². The van der Waals surface area contributed by atoms with E-state index in [-0.39, 0.29) is 11.8 Å². The molecule has 3 rings (SSSR count). The number of rotatable bonds is 6. The molecule has 2 aromatic rings. The molecule has 140 valence electrons. The molecule has 1 saturated carbocycles. The van der Waals surface area contributed by atoms with Crippen molar-refractivity contribution in [1.29, 1.82) is 0 Å². The van der Waals surface area contributed by atoms with E-state index in [0.717, 1.165) is 11.1 Å². The number of methoxy groups -OCH3 is 1. The number of nitrogens with one attached hydrogen (secondary N) is 2. The highest BCUT2D eigenvalue weighted by molar-refractivity contribution is 6.13. The van der Waals surface area contributed by atoms with Crippen molar-refractivity contribution in [3.8, 4) is 0 Å². The molecule has 1 fully saturated rings. The maximum Gasteiger partial charge on any atom is 0.337 e. The highest BCUT2D eigenvalue weighted by atomic mass is 16.5. The average molecular weight is 366 g/mol. The number of hydrogen-bond acceptors (Lipinski definition) is 4. The Hall–Kier alpha value is -3.15. The Morgan fingerprint density at radius 2 is 1.78 bits per heavy atom. The third-order valence-electron chi connectivity index (χ3n) is 4.86. The van der Waals surface area contributed by atoms with Gasteiger partial charge in [-0.1, -0.05) is 30.3 Å².